The Morgan fingerprint density at radius 1 is 1.09 bits per heavy atom. The standard InChI is InChI=1S/C15H18N2O4S/c1-7-6-22-13(16-7)12-10(14(18)20-4)8(2)17-9(3)11(12)15(19)21-5/h6,12,17H,1-5H3. The molecule has 6 nitrogen and oxygen atoms in total. The molecule has 0 amide bonds. The Balaban J connectivity index is 2.65. The molecule has 0 atom stereocenters. The van der Waals surface area contributed by atoms with Crippen LogP contribution in [0.3, 0.4) is 0 Å². The van der Waals surface area contributed by atoms with E-state index in [2.05, 4.69) is 10.3 Å². The minimum atomic E-state index is -0.583. The molecule has 0 bridgehead atoms. The summed E-state index contributed by atoms with van der Waals surface area (Å²) in [6.07, 6.45) is 0. The lowest BCUT2D eigenvalue weighted by atomic mass is 9.86. The van der Waals surface area contributed by atoms with Crippen LogP contribution in [-0.4, -0.2) is 31.1 Å². The third kappa shape index (κ3) is 2.76. The summed E-state index contributed by atoms with van der Waals surface area (Å²) in [5.41, 5.74) is 2.89. The van der Waals surface area contributed by atoms with Crippen molar-refractivity contribution >= 4 is 23.3 Å². The fourth-order valence-corrected chi connectivity index (χ4v) is 3.42. The molecule has 0 fully saturated rings. The Labute approximate surface area is 132 Å². The van der Waals surface area contributed by atoms with Gasteiger partial charge < -0.3 is 14.8 Å². The normalized spacial score (nSPS) is 15.7. The third-order valence-corrected chi connectivity index (χ3v) is 4.48. The number of esters is 2. The minimum Gasteiger partial charge on any atom is -0.466 e. The van der Waals surface area contributed by atoms with Crippen LogP contribution in [0, 0.1) is 6.92 Å². The number of thiazole rings is 1. The highest BCUT2D eigenvalue weighted by atomic mass is 32.1. The molecule has 2 rings (SSSR count). The van der Waals surface area contributed by atoms with E-state index in [0.717, 1.165) is 5.69 Å². The van der Waals surface area contributed by atoms with Gasteiger partial charge in [0.2, 0.25) is 0 Å². The molecule has 0 spiro atoms. The van der Waals surface area contributed by atoms with Crippen molar-refractivity contribution in [2.75, 3.05) is 14.2 Å². The first-order valence-corrected chi connectivity index (χ1v) is 7.55. The molecule has 0 aliphatic carbocycles. The van der Waals surface area contributed by atoms with Gasteiger partial charge in [-0.2, -0.15) is 0 Å². The maximum Gasteiger partial charge on any atom is 0.336 e. The fourth-order valence-electron chi connectivity index (χ4n) is 2.51. The zero-order chi connectivity index (χ0) is 16.4. The van der Waals surface area contributed by atoms with Crippen LogP contribution in [0.5, 0.6) is 0 Å². The minimum absolute atomic E-state index is 0.378. The summed E-state index contributed by atoms with van der Waals surface area (Å²) in [5, 5.41) is 5.60. The number of carbonyl (C=O) groups excluding carboxylic acids is 2. The van der Waals surface area contributed by atoms with E-state index in [1.165, 1.54) is 25.6 Å². The topological polar surface area (TPSA) is 77.5 Å². The number of rotatable bonds is 3. The van der Waals surface area contributed by atoms with Crippen LogP contribution in [0.1, 0.15) is 30.5 Å². The second-order valence-electron chi connectivity index (χ2n) is 4.95. The Morgan fingerprint density at radius 2 is 1.59 bits per heavy atom. The van der Waals surface area contributed by atoms with Crippen molar-refractivity contribution in [2.45, 2.75) is 26.7 Å². The number of dihydropyridines is 1. The van der Waals surface area contributed by atoms with Gasteiger partial charge in [-0.1, -0.05) is 0 Å². The summed E-state index contributed by atoms with van der Waals surface area (Å²) in [6, 6.07) is 0. The molecule has 1 N–H and O–H groups in total. The van der Waals surface area contributed by atoms with E-state index < -0.39 is 17.9 Å². The number of aromatic nitrogens is 1. The quantitative estimate of drug-likeness (QED) is 0.858. The van der Waals surface area contributed by atoms with Gasteiger partial charge in [0.05, 0.1) is 31.3 Å². The van der Waals surface area contributed by atoms with Crippen molar-refractivity contribution in [2.24, 2.45) is 0 Å². The van der Waals surface area contributed by atoms with Crippen LogP contribution < -0.4 is 5.32 Å². The second-order valence-corrected chi connectivity index (χ2v) is 5.84. The van der Waals surface area contributed by atoms with Gasteiger partial charge in [-0.25, -0.2) is 14.6 Å². The zero-order valence-electron chi connectivity index (χ0n) is 13.1. The number of carbonyl (C=O) groups is 2. The Bertz CT molecular complexity index is 649. The summed E-state index contributed by atoms with van der Waals surface area (Å²) in [6.45, 7) is 5.42. The van der Waals surface area contributed by atoms with Gasteiger partial charge in [-0.15, -0.1) is 11.3 Å². The number of hydrogen-bond acceptors (Lipinski definition) is 7. The summed E-state index contributed by atoms with van der Waals surface area (Å²) in [4.78, 5) is 28.9. The first kappa shape index (κ1) is 16.2. The second kappa shape index (κ2) is 6.31. The highest BCUT2D eigenvalue weighted by molar-refractivity contribution is 7.09. The lowest BCUT2D eigenvalue weighted by Gasteiger charge is -2.28. The highest BCUT2D eigenvalue weighted by Crippen LogP contribution is 2.40. The molecule has 7 heteroatoms. The number of methoxy groups -OCH3 is 2. The van der Waals surface area contributed by atoms with E-state index in [4.69, 9.17) is 9.47 Å². The third-order valence-electron chi connectivity index (χ3n) is 3.45. The van der Waals surface area contributed by atoms with Crippen molar-refractivity contribution < 1.29 is 19.1 Å². The van der Waals surface area contributed by atoms with Gasteiger partial charge in [0.15, 0.2) is 0 Å². The summed E-state index contributed by atoms with van der Waals surface area (Å²) in [5.74, 6) is -1.56. The Hall–Kier alpha value is -2.15. The zero-order valence-corrected chi connectivity index (χ0v) is 14.0. The number of allylic oxidation sites excluding steroid dienone is 2. The van der Waals surface area contributed by atoms with E-state index in [-0.39, 0.29) is 0 Å². The summed E-state index contributed by atoms with van der Waals surface area (Å²) in [7, 11) is 2.63. The number of nitrogens with one attached hydrogen (secondary N) is 1. The molecule has 1 aromatic rings. The number of nitrogens with zero attached hydrogens (tertiary/aromatic N) is 1. The van der Waals surface area contributed by atoms with Crippen molar-refractivity contribution in [1.82, 2.24) is 10.3 Å². The van der Waals surface area contributed by atoms with Crippen LogP contribution in [0.15, 0.2) is 27.9 Å². The first-order valence-electron chi connectivity index (χ1n) is 6.67. The van der Waals surface area contributed by atoms with E-state index in [9.17, 15) is 9.59 Å². The predicted octanol–water partition coefficient (Wildman–Crippen LogP) is 2.03. The molecular weight excluding hydrogens is 304 g/mol. The molecule has 22 heavy (non-hydrogen) atoms. The maximum absolute atomic E-state index is 12.2. The van der Waals surface area contributed by atoms with Crippen molar-refractivity contribution in [3.8, 4) is 0 Å². The predicted molar refractivity (Wildman–Crippen MR) is 82.2 cm³/mol. The van der Waals surface area contributed by atoms with Crippen molar-refractivity contribution in [3.63, 3.8) is 0 Å². The van der Waals surface area contributed by atoms with E-state index in [1.54, 1.807) is 13.8 Å². The Kier molecular flexibility index (Phi) is 4.65. The molecule has 2 heterocycles. The molecule has 1 aliphatic rings. The lowest BCUT2D eigenvalue weighted by Crippen LogP contribution is -2.32. The van der Waals surface area contributed by atoms with Gasteiger partial charge in [0, 0.05) is 22.5 Å². The van der Waals surface area contributed by atoms with Crippen LogP contribution in [0.2, 0.25) is 0 Å². The lowest BCUT2D eigenvalue weighted by molar-refractivity contribution is -0.137. The van der Waals surface area contributed by atoms with Crippen LogP contribution in [-0.2, 0) is 19.1 Å². The van der Waals surface area contributed by atoms with Crippen LogP contribution >= 0.6 is 11.3 Å². The van der Waals surface area contributed by atoms with Gasteiger partial charge in [0.1, 0.15) is 5.01 Å². The Morgan fingerprint density at radius 3 is 1.95 bits per heavy atom. The molecule has 1 aliphatic heterocycles. The van der Waals surface area contributed by atoms with E-state index >= 15 is 0 Å². The monoisotopic (exact) mass is 322 g/mol. The van der Waals surface area contributed by atoms with Gasteiger partial charge in [-0.3, -0.25) is 0 Å². The number of ether oxygens (including phenoxy) is 2. The molecule has 0 unspecified atom stereocenters. The molecule has 0 saturated carbocycles. The molecule has 0 radical (unpaired) electrons. The fraction of sp³-hybridized carbons (Fsp3) is 0.400. The van der Waals surface area contributed by atoms with E-state index in [0.29, 0.717) is 27.5 Å². The van der Waals surface area contributed by atoms with Crippen molar-refractivity contribution in [3.05, 3.63) is 38.6 Å². The summed E-state index contributed by atoms with van der Waals surface area (Å²) < 4.78 is 9.76. The summed E-state index contributed by atoms with van der Waals surface area (Å²) >= 11 is 1.40. The van der Waals surface area contributed by atoms with Crippen LogP contribution in [0.25, 0.3) is 0 Å². The first-order chi connectivity index (χ1) is 10.4. The average Bonchev–Trinajstić information content (AvgIpc) is 2.91. The molecule has 0 aromatic carbocycles. The van der Waals surface area contributed by atoms with Gasteiger partial charge in [0.25, 0.3) is 0 Å². The molecule has 118 valence electrons. The number of aryl methyl sites for hydroxylation is 1. The molecule has 0 saturated heterocycles. The molecular formula is C15H18N2O4S. The largest absolute Gasteiger partial charge is 0.466 e. The number of hydrogen-bond donors (Lipinski definition) is 1. The smallest absolute Gasteiger partial charge is 0.336 e. The van der Waals surface area contributed by atoms with E-state index in [1.807, 2.05) is 12.3 Å². The average molecular weight is 322 g/mol. The van der Waals surface area contributed by atoms with Gasteiger partial charge >= 0.3 is 11.9 Å². The van der Waals surface area contributed by atoms with Crippen molar-refractivity contribution in [1.29, 1.82) is 0 Å². The van der Waals surface area contributed by atoms with Gasteiger partial charge in [-0.05, 0) is 20.8 Å². The highest BCUT2D eigenvalue weighted by Gasteiger charge is 2.39. The SMILES string of the molecule is COC(=O)C1=C(C)NC(C)=C(C(=O)OC)C1c1nc(C)cs1. The maximum atomic E-state index is 12.2. The van der Waals surface area contributed by atoms with Crippen LogP contribution in [0.4, 0.5) is 0 Å². The molecule has 1 aromatic heterocycles.